The number of carbonyl (C=O) groups is 1. The molecule has 0 aromatic rings. The van der Waals surface area contributed by atoms with Gasteiger partial charge in [0.25, 0.3) is 0 Å². The molecule has 0 aliphatic carbocycles. The SMILES string of the molecule is C=CC(=O)OCCCCCCCCCCCCCCCC.C=CCOCC1CO1. The van der Waals surface area contributed by atoms with E-state index in [1.54, 1.807) is 6.08 Å². The van der Waals surface area contributed by atoms with Crippen molar-refractivity contribution in [1.82, 2.24) is 0 Å². The van der Waals surface area contributed by atoms with E-state index in [0.29, 0.717) is 19.3 Å². The van der Waals surface area contributed by atoms with Gasteiger partial charge in [0.15, 0.2) is 0 Å². The van der Waals surface area contributed by atoms with Gasteiger partial charge in [-0.15, -0.1) is 6.58 Å². The summed E-state index contributed by atoms with van der Waals surface area (Å²) in [6.07, 6.45) is 22.2. The fourth-order valence-electron chi connectivity index (χ4n) is 2.98. The summed E-state index contributed by atoms with van der Waals surface area (Å²) in [5, 5.41) is 0. The van der Waals surface area contributed by atoms with Crippen molar-refractivity contribution in [2.75, 3.05) is 26.4 Å². The summed E-state index contributed by atoms with van der Waals surface area (Å²) in [5.74, 6) is -0.301. The third-order valence-electron chi connectivity index (χ3n) is 4.85. The standard InChI is InChI=1S/C19H36O2.C6H10O2/c1-3-5-6-7-8-9-10-11-12-13-14-15-16-17-18-21-19(20)4-2;1-2-3-7-4-6-5-8-6/h4H,2-3,5-18H2,1H3;2,6H,1,3-5H2. The first-order valence-electron chi connectivity index (χ1n) is 11.8. The second-order valence-electron chi connectivity index (χ2n) is 7.75. The number of hydrogen-bond acceptors (Lipinski definition) is 4. The summed E-state index contributed by atoms with van der Waals surface area (Å²) < 4.78 is 14.9. The zero-order valence-corrected chi connectivity index (χ0v) is 19.0. The molecule has 1 aliphatic rings. The molecule has 0 radical (unpaired) electrons. The normalized spacial score (nSPS) is 14.6. The van der Waals surface area contributed by atoms with Crippen LogP contribution >= 0.6 is 0 Å². The Morgan fingerprint density at radius 2 is 1.38 bits per heavy atom. The van der Waals surface area contributed by atoms with Crippen LogP contribution in [0.4, 0.5) is 0 Å². The van der Waals surface area contributed by atoms with Crippen molar-refractivity contribution in [3.8, 4) is 0 Å². The molecule has 29 heavy (non-hydrogen) atoms. The minimum atomic E-state index is -0.301. The van der Waals surface area contributed by atoms with Crippen LogP contribution in [0.2, 0.25) is 0 Å². The van der Waals surface area contributed by atoms with Crippen molar-refractivity contribution in [3.05, 3.63) is 25.3 Å². The number of epoxide rings is 1. The lowest BCUT2D eigenvalue weighted by atomic mass is 10.0. The average molecular weight is 411 g/mol. The highest BCUT2D eigenvalue weighted by Crippen LogP contribution is 2.13. The van der Waals surface area contributed by atoms with Crippen LogP contribution in [-0.4, -0.2) is 38.5 Å². The molecule has 1 aliphatic heterocycles. The zero-order valence-electron chi connectivity index (χ0n) is 19.0. The number of hydrogen-bond donors (Lipinski definition) is 0. The van der Waals surface area contributed by atoms with Crippen LogP contribution in [0.3, 0.4) is 0 Å². The third-order valence-corrected chi connectivity index (χ3v) is 4.85. The smallest absolute Gasteiger partial charge is 0.330 e. The van der Waals surface area contributed by atoms with E-state index in [2.05, 4.69) is 20.1 Å². The molecule has 0 aromatic carbocycles. The second-order valence-corrected chi connectivity index (χ2v) is 7.75. The molecule has 1 atom stereocenters. The maximum atomic E-state index is 10.8. The predicted molar refractivity (Wildman–Crippen MR) is 122 cm³/mol. The Morgan fingerprint density at radius 1 is 0.897 bits per heavy atom. The molecule has 170 valence electrons. The van der Waals surface area contributed by atoms with Gasteiger partial charge in [0, 0.05) is 6.08 Å². The van der Waals surface area contributed by atoms with Crippen molar-refractivity contribution in [1.29, 1.82) is 0 Å². The molecule has 4 heteroatoms. The average Bonchev–Trinajstić information content (AvgIpc) is 3.56. The Hall–Kier alpha value is -1.13. The highest BCUT2D eigenvalue weighted by Gasteiger charge is 2.21. The van der Waals surface area contributed by atoms with Gasteiger partial charge in [-0.2, -0.15) is 0 Å². The molecule has 4 nitrogen and oxygen atoms in total. The number of carbonyl (C=O) groups excluding carboxylic acids is 1. The molecule has 1 rings (SSSR count). The van der Waals surface area contributed by atoms with Crippen molar-refractivity contribution < 1.29 is 19.0 Å². The van der Waals surface area contributed by atoms with E-state index in [0.717, 1.165) is 19.6 Å². The lowest BCUT2D eigenvalue weighted by molar-refractivity contribution is -0.137. The van der Waals surface area contributed by atoms with E-state index in [-0.39, 0.29) is 5.97 Å². The van der Waals surface area contributed by atoms with Crippen LogP contribution in [0, 0.1) is 0 Å². The maximum absolute atomic E-state index is 10.8. The number of ether oxygens (including phenoxy) is 3. The second kappa shape index (κ2) is 23.2. The van der Waals surface area contributed by atoms with E-state index in [1.807, 2.05) is 0 Å². The Labute approximate surface area is 180 Å². The van der Waals surface area contributed by atoms with Gasteiger partial charge in [-0.05, 0) is 6.42 Å². The topological polar surface area (TPSA) is 48.1 Å². The first kappa shape index (κ1) is 27.9. The Kier molecular flexibility index (Phi) is 22.2. The van der Waals surface area contributed by atoms with Crippen LogP contribution in [0.5, 0.6) is 0 Å². The van der Waals surface area contributed by atoms with E-state index < -0.39 is 0 Å². The zero-order chi connectivity index (χ0) is 21.4. The van der Waals surface area contributed by atoms with E-state index in [4.69, 9.17) is 14.2 Å². The molecule has 0 amide bonds. The lowest BCUT2D eigenvalue weighted by Crippen LogP contribution is -2.01. The lowest BCUT2D eigenvalue weighted by Gasteiger charge is -2.03. The molecular formula is C25H46O4. The molecule has 1 saturated heterocycles. The van der Waals surface area contributed by atoms with Gasteiger partial charge in [-0.25, -0.2) is 4.79 Å². The summed E-state index contributed by atoms with van der Waals surface area (Å²) in [7, 11) is 0. The molecular weight excluding hydrogens is 364 g/mol. The predicted octanol–water partition coefficient (Wildman–Crippen LogP) is 6.78. The molecule has 1 unspecified atom stereocenters. The molecule has 1 fully saturated rings. The number of rotatable bonds is 20. The van der Waals surface area contributed by atoms with Crippen LogP contribution in [0.15, 0.2) is 25.3 Å². The summed E-state index contributed by atoms with van der Waals surface area (Å²) in [5.41, 5.74) is 0. The molecule has 0 N–H and O–H groups in total. The van der Waals surface area contributed by atoms with Gasteiger partial charge in [0.1, 0.15) is 6.10 Å². The molecule has 1 heterocycles. The Morgan fingerprint density at radius 3 is 1.79 bits per heavy atom. The van der Waals surface area contributed by atoms with Crippen molar-refractivity contribution in [3.63, 3.8) is 0 Å². The van der Waals surface area contributed by atoms with Crippen LogP contribution in [0.1, 0.15) is 96.8 Å². The molecule has 0 spiro atoms. The van der Waals surface area contributed by atoms with Crippen molar-refractivity contribution in [2.45, 2.75) is 103 Å². The van der Waals surface area contributed by atoms with E-state index in [1.165, 1.54) is 89.5 Å². The minimum Gasteiger partial charge on any atom is -0.463 e. The fourth-order valence-corrected chi connectivity index (χ4v) is 2.98. The fraction of sp³-hybridized carbons (Fsp3) is 0.800. The first-order valence-corrected chi connectivity index (χ1v) is 11.8. The van der Waals surface area contributed by atoms with Crippen molar-refractivity contribution >= 4 is 5.97 Å². The van der Waals surface area contributed by atoms with Crippen molar-refractivity contribution in [2.24, 2.45) is 0 Å². The van der Waals surface area contributed by atoms with Crippen LogP contribution < -0.4 is 0 Å². The summed E-state index contributed by atoms with van der Waals surface area (Å²) in [4.78, 5) is 10.8. The summed E-state index contributed by atoms with van der Waals surface area (Å²) in [6.45, 7) is 11.9. The van der Waals surface area contributed by atoms with Gasteiger partial charge in [-0.1, -0.05) is 103 Å². The quantitative estimate of drug-likeness (QED) is 0.0729. The van der Waals surface area contributed by atoms with E-state index >= 15 is 0 Å². The van der Waals surface area contributed by atoms with Gasteiger partial charge in [0.05, 0.1) is 26.4 Å². The first-order chi connectivity index (χ1) is 14.2. The van der Waals surface area contributed by atoms with Gasteiger partial charge in [-0.3, -0.25) is 0 Å². The Bertz CT molecular complexity index is 377. The third kappa shape index (κ3) is 24.8. The summed E-state index contributed by atoms with van der Waals surface area (Å²) in [6, 6.07) is 0. The number of unbranched alkanes of at least 4 members (excludes halogenated alkanes) is 13. The number of esters is 1. The molecule has 0 aromatic heterocycles. The summed E-state index contributed by atoms with van der Waals surface area (Å²) >= 11 is 0. The van der Waals surface area contributed by atoms with Crippen LogP contribution in [0.25, 0.3) is 0 Å². The minimum absolute atomic E-state index is 0.301. The Balaban J connectivity index is 0.000000807. The largest absolute Gasteiger partial charge is 0.463 e. The molecule has 0 bridgehead atoms. The monoisotopic (exact) mass is 410 g/mol. The van der Waals surface area contributed by atoms with Gasteiger partial charge >= 0.3 is 5.97 Å². The maximum Gasteiger partial charge on any atom is 0.330 e. The highest BCUT2D eigenvalue weighted by molar-refractivity contribution is 5.81. The van der Waals surface area contributed by atoms with Gasteiger partial charge < -0.3 is 14.2 Å². The molecule has 0 saturated carbocycles. The van der Waals surface area contributed by atoms with Crippen LogP contribution in [-0.2, 0) is 19.0 Å². The van der Waals surface area contributed by atoms with E-state index in [9.17, 15) is 4.79 Å². The van der Waals surface area contributed by atoms with Gasteiger partial charge in [0.2, 0.25) is 0 Å². The highest BCUT2D eigenvalue weighted by atomic mass is 16.6.